The first-order valence-electron chi connectivity index (χ1n) is 14.6. The Morgan fingerprint density at radius 3 is 2.58 bits per heavy atom. The van der Waals surface area contributed by atoms with Crippen LogP contribution in [0.2, 0.25) is 0 Å². The molecule has 1 saturated heterocycles. The van der Waals surface area contributed by atoms with Crippen molar-refractivity contribution in [1.29, 1.82) is 0 Å². The van der Waals surface area contributed by atoms with Gasteiger partial charge in [0.15, 0.2) is 17.8 Å². The van der Waals surface area contributed by atoms with Crippen LogP contribution in [-0.2, 0) is 16.5 Å². The number of hydrogen-bond donors (Lipinski definition) is 2. The summed E-state index contributed by atoms with van der Waals surface area (Å²) in [6, 6.07) is 9.55. The molecule has 238 valence electrons. The smallest absolute Gasteiger partial charge is 0.326 e. The number of carbonyl (C=O) groups excluding carboxylic acids is 2. The molecule has 1 aliphatic heterocycles. The number of ether oxygens (including phenoxy) is 6. The molecular weight excluding hydrogens is 582 g/mol. The maximum absolute atomic E-state index is 12.6. The van der Waals surface area contributed by atoms with E-state index in [1.807, 2.05) is 12.1 Å². The molecule has 3 heterocycles. The second-order valence-corrected chi connectivity index (χ2v) is 10.4. The Kier molecular flexibility index (Phi) is 10.3. The Bertz CT molecular complexity index is 1650. The summed E-state index contributed by atoms with van der Waals surface area (Å²) in [5.74, 6) is 1.80. The number of nitrogens with one attached hydrogen (secondary N) is 2. The fourth-order valence-electron chi connectivity index (χ4n) is 4.78. The second kappa shape index (κ2) is 14.7. The van der Waals surface area contributed by atoms with Crippen molar-refractivity contribution < 1.29 is 38.0 Å². The van der Waals surface area contributed by atoms with Crippen LogP contribution in [0.15, 0.2) is 48.9 Å². The first kappa shape index (κ1) is 31.5. The summed E-state index contributed by atoms with van der Waals surface area (Å²) in [6.45, 7) is 3.48. The lowest BCUT2D eigenvalue weighted by molar-refractivity contribution is -0.163. The number of aryl methyl sites for hydroxylation is 1. The fourth-order valence-corrected chi connectivity index (χ4v) is 4.78. The van der Waals surface area contributed by atoms with Crippen LogP contribution < -0.4 is 29.6 Å². The molecule has 0 saturated carbocycles. The molecule has 0 spiro atoms. The molecule has 3 amide bonds. The highest BCUT2D eigenvalue weighted by molar-refractivity contribution is 6.08. The molecule has 0 radical (unpaired) electrons. The lowest BCUT2D eigenvalue weighted by Gasteiger charge is -2.22. The standard InChI is InChI=1S/C32H37N5O8/c1-20-30(34-19-37(20)2)31(38)36-32(39)35-23-10-9-21(16-26(23)40-3)45-25-11-12-33-24-18-28(27(41-4)17-22(24)25)42-14-7-15-44-29-8-5-6-13-43-29/h9-12,16-19,29H,5-8,13-15H2,1-4H3,(H2,35,36,38,39)/t29-/m0/s1. The second-order valence-electron chi connectivity index (χ2n) is 10.4. The Morgan fingerprint density at radius 1 is 1.00 bits per heavy atom. The number of amides is 3. The highest BCUT2D eigenvalue weighted by Gasteiger charge is 2.19. The summed E-state index contributed by atoms with van der Waals surface area (Å²) < 4.78 is 36.4. The van der Waals surface area contributed by atoms with Crippen molar-refractivity contribution in [3.05, 3.63) is 60.3 Å². The zero-order valence-corrected chi connectivity index (χ0v) is 25.8. The van der Waals surface area contributed by atoms with Gasteiger partial charge in [0.25, 0.3) is 5.91 Å². The first-order valence-corrected chi connectivity index (χ1v) is 14.6. The van der Waals surface area contributed by atoms with Gasteiger partial charge in [-0.05, 0) is 50.5 Å². The minimum atomic E-state index is -0.729. The van der Waals surface area contributed by atoms with Crippen LogP contribution in [0.4, 0.5) is 10.5 Å². The van der Waals surface area contributed by atoms with E-state index in [0.29, 0.717) is 70.7 Å². The number of methoxy groups -OCH3 is 2. The van der Waals surface area contributed by atoms with E-state index in [4.69, 9.17) is 28.4 Å². The zero-order chi connectivity index (χ0) is 31.8. The number of anilines is 1. The molecule has 2 aromatic carbocycles. The molecule has 0 aliphatic carbocycles. The average molecular weight is 620 g/mol. The molecule has 2 aromatic heterocycles. The van der Waals surface area contributed by atoms with Gasteiger partial charge in [0.1, 0.15) is 22.9 Å². The first-order chi connectivity index (χ1) is 21.9. The van der Waals surface area contributed by atoms with E-state index < -0.39 is 11.9 Å². The summed E-state index contributed by atoms with van der Waals surface area (Å²) in [5.41, 5.74) is 1.80. The third kappa shape index (κ3) is 7.80. The Labute approximate surface area is 260 Å². The Hall–Kier alpha value is -4.88. The SMILES string of the molecule is COc1cc(Oc2ccnc3cc(OCCCO[C@H]4CCCCO4)c(OC)cc23)ccc1NC(=O)NC(=O)c1ncn(C)c1C. The van der Waals surface area contributed by atoms with Gasteiger partial charge >= 0.3 is 6.03 Å². The molecule has 13 heteroatoms. The van der Waals surface area contributed by atoms with Gasteiger partial charge in [-0.25, -0.2) is 9.78 Å². The number of benzene rings is 2. The monoisotopic (exact) mass is 619 g/mol. The topological polar surface area (TPSA) is 144 Å². The van der Waals surface area contributed by atoms with Crippen LogP contribution >= 0.6 is 0 Å². The summed E-state index contributed by atoms with van der Waals surface area (Å²) in [4.78, 5) is 33.5. The van der Waals surface area contributed by atoms with Crippen LogP contribution in [0, 0.1) is 6.92 Å². The number of fused-ring (bicyclic) bond motifs is 1. The summed E-state index contributed by atoms with van der Waals surface area (Å²) in [6.07, 6.45) is 6.86. The van der Waals surface area contributed by atoms with Gasteiger partial charge in [0.05, 0.1) is 45.0 Å². The molecule has 5 rings (SSSR count). The molecule has 4 aromatic rings. The molecule has 1 aliphatic rings. The van der Waals surface area contributed by atoms with E-state index in [0.717, 1.165) is 25.9 Å². The number of hydrogen-bond acceptors (Lipinski definition) is 10. The van der Waals surface area contributed by atoms with Gasteiger partial charge in [-0.15, -0.1) is 0 Å². The predicted molar refractivity (Wildman–Crippen MR) is 165 cm³/mol. The van der Waals surface area contributed by atoms with Crippen molar-refractivity contribution in [2.45, 2.75) is 38.9 Å². The third-order valence-electron chi connectivity index (χ3n) is 7.30. The molecule has 2 N–H and O–H groups in total. The maximum atomic E-state index is 12.6. The van der Waals surface area contributed by atoms with E-state index >= 15 is 0 Å². The number of carbonyl (C=O) groups is 2. The highest BCUT2D eigenvalue weighted by atomic mass is 16.7. The van der Waals surface area contributed by atoms with Crippen molar-refractivity contribution in [3.8, 4) is 28.7 Å². The van der Waals surface area contributed by atoms with Gasteiger partial charge in [-0.2, -0.15) is 0 Å². The Morgan fingerprint density at radius 2 is 1.84 bits per heavy atom. The van der Waals surface area contributed by atoms with Crippen LogP contribution in [0.3, 0.4) is 0 Å². The predicted octanol–water partition coefficient (Wildman–Crippen LogP) is 5.36. The van der Waals surface area contributed by atoms with E-state index in [1.54, 1.807) is 56.1 Å². The van der Waals surface area contributed by atoms with Crippen molar-refractivity contribution in [3.63, 3.8) is 0 Å². The van der Waals surface area contributed by atoms with E-state index in [1.165, 1.54) is 13.4 Å². The third-order valence-corrected chi connectivity index (χ3v) is 7.30. The lowest BCUT2D eigenvalue weighted by Crippen LogP contribution is -2.35. The fraction of sp³-hybridized carbons (Fsp3) is 0.375. The molecular formula is C32H37N5O8. The Balaban J connectivity index is 1.23. The van der Waals surface area contributed by atoms with Gasteiger partial charge in [-0.1, -0.05) is 0 Å². The number of pyridine rings is 1. The van der Waals surface area contributed by atoms with Gasteiger partial charge < -0.3 is 38.3 Å². The van der Waals surface area contributed by atoms with Gasteiger partial charge in [0, 0.05) is 49.5 Å². The minimum absolute atomic E-state index is 0.124. The lowest BCUT2D eigenvalue weighted by atomic mass is 10.1. The number of aromatic nitrogens is 3. The largest absolute Gasteiger partial charge is 0.494 e. The zero-order valence-electron chi connectivity index (χ0n) is 25.8. The maximum Gasteiger partial charge on any atom is 0.326 e. The van der Waals surface area contributed by atoms with Crippen molar-refractivity contribution in [2.24, 2.45) is 7.05 Å². The number of imide groups is 1. The summed E-state index contributed by atoms with van der Waals surface area (Å²) >= 11 is 0. The molecule has 0 unspecified atom stereocenters. The van der Waals surface area contributed by atoms with Crippen LogP contribution in [0.1, 0.15) is 41.9 Å². The molecule has 0 bridgehead atoms. The highest BCUT2D eigenvalue weighted by Crippen LogP contribution is 2.38. The van der Waals surface area contributed by atoms with Crippen LogP contribution in [-0.4, -0.2) is 66.8 Å². The van der Waals surface area contributed by atoms with E-state index in [-0.39, 0.29) is 12.0 Å². The van der Waals surface area contributed by atoms with Crippen molar-refractivity contribution >= 4 is 28.5 Å². The molecule has 1 atom stereocenters. The van der Waals surface area contributed by atoms with Crippen LogP contribution in [0.5, 0.6) is 28.7 Å². The average Bonchev–Trinajstić information content (AvgIpc) is 3.39. The molecule has 1 fully saturated rings. The van der Waals surface area contributed by atoms with E-state index in [9.17, 15) is 9.59 Å². The number of imidazole rings is 1. The number of rotatable bonds is 12. The minimum Gasteiger partial charge on any atom is -0.494 e. The van der Waals surface area contributed by atoms with Gasteiger partial charge in [0.2, 0.25) is 0 Å². The van der Waals surface area contributed by atoms with E-state index in [2.05, 4.69) is 20.6 Å². The van der Waals surface area contributed by atoms with Gasteiger partial charge in [-0.3, -0.25) is 15.1 Å². The quantitative estimate of drug-likeness (QED) is 0.199. The van der Waals surface area contributed by atoms with Crippen molar-refractivity contribution in [1.82, 2.24) is 19.9 Å². The number of urea groups is 1. The molecule has 45 heavy (non-hydrogen) atoms. The molecule has 13 nitrogen and oxygen atoms in total. The summed E-state index contributed by atoms with van der Waals surface area (Å²) in [7, 11) is 4.80. The number of nitrogens with zero attached hydrogens (tertiary/aromatic N) is 3. The van der Waals surface area contributed by atoms with Crippen molar-refractivity contribution in [2.75, 3.05) is 39.4 Å². The van der Waals surface area contributed by atoms with Crippen LogP contribution in [0.25, 0.3) is 10.9 Å². The summed E-state index contributed by atoms with van der Waals surface area (Å²) in [5, 5.41) is 5.62. The normalized spacial score (nSPS) is 14.5.